The van der Waals surface area contributed by atoms with Gasteiger partial charge in [0.05, 0.1) is 11.3 Å². The molecular formula is C20H20BrF3N6. The van der Waals surface area contributed by atoms with Gasteiger partial charge in [0.2, 0.25) is 5.95 Å². The lowest BCUT2D eigenvalue weighted by Crippen LogP contribution is -2.21. The van der Waals surface area contributed by atoms with Crippen LogP contribution in [0.25, 0.3) is 11.3 Å². The van der Waals surface area contributed by atoms with Gasteiger partial charge in [0, 0.05) is 47.3 Å². The summed E-state index contributed by atoms with van der Waals surface area (Å²) in [6.45, 7) is 1.38. The van der Waals surface area contributed by atoms with Crippen LogP contribution < -0.4 is 10.6 Å². The number of nitrogens with one attached hydrogen (secondary N) is 2. The minimum absolute atomic E-state index is 0.0228. The van der Waals surface area contributed by atoms with Crippen molar-refractivity contribution in [2.24, 2.45) is 0 Å². The lowest BCUT2D eigenvalue weighted by Gasteiger charge is -2.15. The molecule has 0 radical (unpaired) electrons. The van der Waals surface area contributed by atoms with Gasteiger partial charge >= 0.3 is 6.18 Å². The zero-order valence-electron chi connectivity index (χ0n) is 16.3. The Hall–Kier alpha value is -2.72. The van der Waals surface area contributed by atoms with Crippen molar-refractivity contribution in [1.29, 1.82) is 0 Å². The fourth-order valence-corrected chi connectivity index (χ4v) is 3.08. The molecule has 10 heteroatoms. The van der Waals surface area contributed by atoms with Crippen molar-refractivity contribution in [2.75, 3.05) is 37.8 Å². The van der Waals surface area contributed by atoms with Gasteiger partial charge in [-0.1, -0.05) is 15.9 Å². The summed E-state index contributed by atoms with van der Waals surface area (Å²) < 4.78 is 39.6. The third-order valence-corrected chi connectivity index (χ3v) is 4.76. The second-order valence-electron chi connectivity index (χ2n) is 6.75. The van der Waals surface area contributed by atoms with Crippen LogP contribution in [0.3, 0.4) is 0 Å². The van der Waals surface area contributed by atoms with Crippen LogP contribution in [0, 0.1) is 0 Å². The Morgan fingerprint density at radius 3 is 2.57 bits per heavy atom. The van der Waals surface area contributed by atoms with E-state index in [4.69, 9.17) is 0 Å². The quantitative estimate of drug-likeness (QED) is 0.493. The Bertz CT molecular complexity index is 996. The number of alkyl halides is 3. The van der Waals surface area contributed by atoms with Crippen LogP contribution >= 0.6 is 15.9 Å². The number of benzene rings is 1. The molecule has 2 N–H and O–H groups in total. The number of anilines is 3. The molecule has 2 heterocycles. The van der Waals surface area contributed by atoms with E-state index in [2.05, 4.69) is 41.5 Å². The molecule has 0 aliphatic heterocycles. The maximum absolute atomic E-state index is 13.2. The van der Waals surface area contributed by atoms with Crippen molar-refractivity contribution in [3.8, 4) is 11.3 Å². The van der Waals surface area contributed by atoms with E-state index in [9.17, 15) is 13.2 Å². The highest BCUT2D eigenvalue weighted by Crippen LogP contribution is 2.37. The van der Waals surface area contributed by atoms with E-state index in [1.54, 1.807) is 30.6 Å². The van der Waals surface area contributed by atoms with Crippen LogP contribution in [-0.4, -0.2) is 47.0 Å². The topological polar surface area (TPSA) is 66.0 Å². The largest absolute Gasteiger partial charge is 0.417 e. The number of hydrogen-bond acceptors (Lipinski definition) is 6. The summed E-state index contributed by atoms with van der Waals surface area (Å²) in [5.41, 5.74) is 0.866. The Morgan fingerprint density at radius 1 is 1.10 bits per heavy atom. The summed E-state index contributed by atoms with van der Waals surface area (Å²) in [6.07, 6.45) is -1.15. The molecule has 1 aromatic carbocycles. The maximum Gasteiger partial charge on any atom is 0.417 e. The highest BCUT2D eigenvalue weighted by atomic mass is 79.9. The second-order valence-corrected chi connectivity index (χ2v) is 7.61. The van der Waals surface area contributed by atoms with E-state index in [-0.39, 0.29) is 10.2 Å². The van der Waals surface area contributed by atoms with E-state index in [1.807, 2.05) is 25.1 Å². The zero-order chi connectivity index (χ0) is 21.7. The van der Waals surface area contributed by atoms with E-state index in [0.717, 1.165) is 18.2 Å². The number of hydrogen-bond donors (Lipinski definition) is 2. The number of halogens is 4. The molecule has 0 unspecified atom stereocenters. The molecule has 0 saturated heterocycles. The van der Waals surface area contributed by atoms with Crippen molar-refractivity contribution >= 4 is 33.4 Å². The van der Waals surface area contributed by atoms with Crippen molar-refractivity contribution in [3.63, 3.8) is 0 Å². The number of pyridine rings is 1. The molecule has 0 aliphatic rings. The SMILES string of the molecule is CN(C)CCNc1nc(Nc2ccc(Br)c(C(F)(F)F)c2)cc(-c2cccnc2)n1. The Labute approximate surface area is 180 Å². The number of likely N-dealkylation sites (N-methyl/N-ethyl adjacent to an activating group) is 1. The van der Waals surface area contributed by atoms with E-state index in [1.165, 1.54) is 6.07 Å². The molecule has 3 aromatic rings. The number of rotatable bonds is 7. The highest BCUT2D eigenvalue weighted by Gasteiger charge is 2.33. The molecule has 0 spiro atoms. The lowest BCUT2D eigenvalue weighted by molar-refractivity contribution is -0.138. The molecule has 0 fully saturated rings. The van der Waals surface area contributed by atoms with Gasteiger partial charge in [-0.3, -0.25) is 4.98 Å². The smallest absolute Gasteiger partial charge is 0.353 e. The molecular weight excluding hydrogens is 461 g/mol. The normalized spacial score (nSPS) is 11.6. The predicted molar refractivity (Wildman–Crippen MR) is 115 cm³/mol. The molecule has 6 nitrogen and oxygen atoms in total. The molecule has 0 aliphatic carbocycles. The van der Waals surface area contributed by atoms with Crippen LogP contribution in [0.2, 0.25) is 0 Å². The van der Waals surface area contributed by atoms with Gasteiger partial charge in [-0.15, -0.1) is 0 Å². The molecule has 0 bridgehead atoms. The summed E-state index contributed by atoms with van der Waals surface area (Å²) in [4.78, 5) is 15.0. The Balaban J connectivity index is 1.93. The van der Waals surface area contributed by atoms with Crippen LogP contribution in [0.5, 0.6) is 0 Å². The zero-order valence-corrected chi connectivity index (χ0v) is 17.9. The standard InChI is InChI=1S/C20H20BrF3N6/c1-30(2)9-8-26-19-28-17(13-4-3-7-25-12-13)11-18(29-19)27-14-5-6-16(21)15(10-14)20(22,23)24/h3-7,10-12H,8-9H2,1-2H3,(H2,26,27,28,29). The minimum Gasteiger partial charge on any atom is -0.353 e. The van der Waals surface area contributed by atoms with Crippen LogP contribution in [-0.2, 0) is 6.18 Å². The maximum atomic E-state index is 13.2. The molecule has 158 valence electrons. The van der Waals surface area contributed by atoms with Crippen molar-refractivity contribution in [1.82, 2.24) is 19.9 Å². The van der Waals surface area contributed by atoms with Gasteiger partial charge in [0.1, 0.15) is 5.82 Å². The van der Waals surface area contributed by atoms with Gasteiger partial charge in [-0.25, -0.2) is 4.98 Å². The molecule has 0 saturated carbocycles. The summed E-state index contributed by atoms with van der Waals surface area (Å²) in [6, 6.07) is 9.24. The van der Waals surface area contributed by atoms with Gasteiger partial charge in [0.15, 0.2) is 0 Å². The second kappa shape index (κ2) is 9.40. The van der Waals surface area contributed by atoms with Crippen LogP contribution in [0.15, 0.2) is 53.3 Å². The molecule has 0 atom stereocenters. The van der Waals surface area contributed by atoms with Crippen molar-refractivity contribution in [3.05, 3.63) is 58.8 Å². The monoisotopic (exact) mass is 480 g/mol. The third kappa shape index (κ3) is 5.90. The van der Waals surface area contributed by atoms with E-state index >= 15 is 0 Å². The molecule has 30 heavy (non-hydrogen) atoms. The number of nitrogens with zero attached hydrogens (tertiary/aromatic N) is 4. The summed E-state index contributed by atoms with van der Waals surface area (Å²) in [7, 11) is 3.90. The van der Waals surface area contributed by atoms with E-state index < -0.39 is 11.7 Å². The first-order chi connectivity index (χ1) is 14.2. The average Bonchev–Trinajstić information content (AvgIpc) is 2.69. The first-order valence-corrected chi connectivity index (χ1v) is 9.83. The molecule has 2 aromatic heterocycles. The summed E-state index contributed by atoms with van der Waals surface area (Å²) in [5.74, 6) is 0.737. The predicted octanol–water partition coefficient (Wildman–Crippen LogP) is 5.04. The summed E-state index contributed by atoms with van der Waals surface area (Å²) in [5, 5.41) is 6.10. The first-order valence-electron chi connectivity index (χ1n) is 9.04. The molecule has 0 amide bonds. The average molecular weight is 481 g/mol. The van der Waals surface area contributed by atoms with Crippen molar-refractivity contribution < 1.29 is 13.2 Å². The Kier molecular flexibility index (Phi) is 6.88. The first kappa shape index (κ1) is 22.0. The highest BCUT2D eigenvalue weighted by molar-refractivity contribution is 9.10. The van der Waals surface area contributed by atoms with Gasteiger partial charge in [0.25, 0.3) is 0 Å². The van der Waals surface area contributed by atoms with E-state index in [0.29, 0.717) is 24.0 Å². The lowest BCUT2D eigenvalue weighted by atomic mass is 10.2. The molecule has 3 rings (SSSR count). The van der Waals surface area contributed by atoms with Crippen LogP contribution in [0.1, 0.15) is 5.56 Å². The van der Waals surface area contributed by atoms with Gasteiger partial charge in [-0.2, -0.15) is 18.2 Å². The van der Waals surface area contributed by atoms with Gasteiger partial charge < -0.3 is 15.5 Å². The Morgan fingerprint density at radius 2 is 1.90 bits per heavy atom. The minimum atomic E-state index is -4.47. The summed E-state index contributed by atoms with van der Waals surface area (Å²) >= 11 is 2.95. The fraction of sp³-hybridized carbons (Fsp3) is 0.250. The number of aromatic nitrogens is 3. The van der Waals surface area contributed by atoms with Crippen LogP contribution in [0.4, 0.5) is 30.6 Å². The van der Waals surface area contributed by atoms with Crippen molar-refractivity contribution in [2.45, 2.75) is 6.18 Å². The third-order valence-electron chi connectivity index (χ3n) is 4.07. The fourth-order valence-electron chi connectivity index (χ4n) is 2.61. The van der Waals surface area contributed by atoms with Gasteiger partial charge in [-0.05, 0) is 44.4 Å².